The van der Waals surface area contributed by atoms with Crippen molar-refractivity contribution in [3.05, 3.63) is 106 Å². The number of ketones is 1. The number of pyridine rings is 1. The number of Topliss-reactive ketones (excluding diaryl/α,β-unsaturated/α-hetero) is 1. The minimum Gasteiger partial charge on any atom is -0.462 e. The molecule has 8 heteroatoms. The fraction of sp³-hybridized carbons (Fsp3) is 0.219. The normalized spacial score (nSPS) is 13.1. The molecule has 0 aliphatic carbocycles. The monoisotopic (exact) mass is 532 g/mol. The molecule has 2 aromatic heterocycles. The van der Waals surface area contributed by atoms with Gasteiger partial charge in [0.15, 0.2) is 5.70 Å². The van der Waals surface area contributed by atoms with Gasteiger partial charge in [-0.1, -0.05) is 48.0 Å². The Balaban J connectivity index is 1.37. The summed E-state index contributed by atoms with van der Waals surface area (Å²) in [5.74, 6) is -1.53. The third-order valence-electron chi connectivity index (χ3n) is 7.16. The quantitative estimate of drug-likeness (QED) is 0.145. The summed E-state index contributed by atoms with van der Waals surface area (Å²) in [4.78, 5) is 51.8. The number of fused-ring (bicyclic) bond motifs is 1. The number of aryl methyl sites for hydroxylation is 1. The van der Waals surface area contributed by atoms with Crippen LogP contribution in [0.2, 0.25) is 0 Å². The smallest absolute Gasteiger partial charge is 0.338 e. The van der Waals surface area contributed by atoms with Crippen LogP contribution >= 0.6 is 0 Å². The summed E-state index contributed by atoms with van der Waals surface area (Å²) in [6.45, 7) is 12.3. The number of H-pyrrole nitrogens is 1. The highest BCUT2D eigenvalue weighted by Gasteiger charge is 2.29. The van der Waals surface area contributed by atoms with E-state index in [1.165, 1.54) is 0 Å². The number of carbonyl (C=O) groups excluding carboxylic acids is 3. The van der Waals surface area contributed by atoms with Crippen LogP contribution in [-0.4, -0.2) is 52.2 Å². The Hall–Kier alpha value is -5.03. The average Bonchev–Trinajstić information content (AvgIpc) is 3.44. The third kappa shape index (κ3) is 5.02. The Morgan fingerprint density at radius 3 is 2.38 bits per heavy atom. The van der Waals surface area contributed by atoms with Crippen molar-refractivity contribution in [2.24, 2.45) is 0 Å². The zero-order chi connectivity index (χ0) is 28.2. The molecular weight excluding hydrogens is 504 g/mol. The van der Waals surface area contributed by atoms with Gasteiger partial charge >= 0.3 is 5.97 Å². The van der Waals surface area contributed by atoms with Gasteiger partial charge in [0.05, 0.1) is 35.5 Å². The molecule has 1 amide bonds. The number of piperidine rings is 1. The predicted octanol–water partition coefficient (Wildman–Crippen LogP) is 5.85. The molecular formula is C32H28N4O4. The summed E-state index contributed by atoms with van der Waals surface area (Å²) in [5.41, 5.74) is 6.04. The highest BCUT2D eigenvalue weighted by Crippen LogP contribution is 2.32. The van der Waals surface area contributed by atoms with E-state index in [2.05, 4.69) is 14.8 Å². The summed E-state index contributed by atoms with van der Waals surface area (Å²) >= 11 is 0. The summed E-state index contributed by atoms with van der Waals surface area (Å²) in [7, 11) is 0. The summed E-state index contributed by atoms with van der Waals surface area (Å²) in [5, 5.41) is 0.648. The number of benzene rings is 2. The van der Waals surface area contributed by atoms with Crippen molar-refractivity contribution in [3.8, 4) is 11.3 Å². The van der Waals surface area contributed by atoms with Crippen molar-refractivity contribution < 1.29 is 19.1 Å². The van der Waals surface area contributed by atoms with E-state index < -0.39 is 17.7 Å². The Bertz CT molecular complexity index is 1670. The van der Waals surface area contributed by atoms with Gasteiger partial charge in [0.25, 0.3) is 11.7 Å². The van der Waals surface area contributed by atoms with Gasteiger partial charge in [0, 0.05) is 36.4 Å². The predicted molar refractivity (Wildman–Crippen MR) is 152 cm³/mol. The molecule has 1 saturated heterocycles. The molecule has 0 unspecified atom stereocenters. The number of hydrogen-bond acceptors (Lipinski definition) is 5. The second kappa shape index (κ2) is 11.4. The molecule has 1 aliphatic heterocycles. The van der Waals surface area contributed by atoms with Crippen LogP contribution in [0.25, 0.3) is 32.7 Å². The first-order chi connectivity index (χ1) is 19.4. The van der Waals surface area contributed by atoms with Gasteiger partial charge in [-0.25, -0.2) is 9.64 Å². The molecule has 2 aromatic carbocycles. The van der Waals surface area contributed by atoms with Crippen LogP contribution in [0.5, 0.6) is 0 Å². The molecule has 0 bridgehead atoms. The Morgan fingerprint density at radius 1 is 1.02 bits per heavy atom. The molecule has 8 nitrogen and oxygen atoms in total. The SMILES string of the molecule is [C-]#[N+]C(=C1CCN(C(=O)C(=O)c2c[nH]c3c(-c4ccc(C(=O)OCC)cc4)ncc(C)c23)CC1)c1ccccc1. The minimum atomic E-state index is -0.579. The number of amides is 1. The van der Waals surface area contributed by atoms with Crippen LogP contribution < -0.4 is 0 Å². The molecule has 200 valence electrons. The molecule has 0 radical (unpaired) electrons. The molecule has 40 heavy (non-hydrogen) atoms. The lowest BCUT2D eigenvalue weighted by Gasteiger charge is -2.28. The first-order valence-electron chi connectivity index (χ1n) is 13.2. The van der Waals surface area contributed by atoms with Crippen LogP contribution in [0.3, 0.4) is 0 Å². The number of carbonyl (C=O) groups is 3. The Morgan fingerprint density at radius 2 is 1.73 bits per heavy atom. The first kappa shape index (κ1) is 26.6. The molecule has 1 aliphatic rings. The zero-order valence-corrected chi connectivity index (χ0v) is 22.4. The van der Waals surface area contributed by atoms with Gasteiger partial charge in [-0.15, -0.1) is 0 Å². The van der Waals surface area contributed by atoms with Crippen LogP contribution in [-0.2, 0) is 9.53 Å². The van der Waals surface area contributed by atoms with E-state index in [0.29, 0.717) is 66.0 Å². The van der Waals surface area contributed by atoms with Crippen molar-refractivity contribution in [3.63, 3.8) is 0 Å². The second-order valence-electron chi connectivity index (χ2n) is 9.59. The van der Waals surface area contributed by atoms with Gasteiger partial charge in [0.1, 0.15) is 0 Å². The largest absolute Gasteiger partial charge is 0.462 e. The van der Waals surface area contributed by atoms with Gasteiger partial charge in [-0.2, -0.15) is 0 Å². The topological polar surface area (TPSA) is 96.7 Å². The van der Waals surface area contributed by atoms with E-state index in [9.17, 15) is 14.4 Å². The van der Waals surface area contributed by atoms with E-state index in [1.807, 2.05) is 37.3 Å². The fourth-order valence-electron chi connectivity index (χ4n) is 5.11. The van der Waals surface area contributed by atoms with Crippen LogP contribution in [0.1, 0.15) is 51.6 Å². The zero-order valence-electron chi connectivity index (χ0n) is 22.4. The Kier molecular flexibility index (Phi) is 7.56. The van der Waals surface area contributed by atoms with E-state index in [-0.39, 0.29) is 0 Å². The van der Waals surface area contributed by atoms with Crippen molar-refractivity contribution in [1.82, 2.24) is 14.9 Å². The molecule has 5 rings (SSSR count). The number of rotatable bonds is 6. The number of likely N-dealkylation sites (tertiary alicyclic amines) is 1. The van der Waals surface area contributed by atoms with Gasteiger partial charge < -0.3 is 14.6 Å². The summed E-state index contributed by atoms with van der Waals surface area (Å²) in [6.07, 6.45) is 4.35. The molecule has 4 aromatic rings. The van der Waals surface area contributed by atoms with Crippen molar-refractivity contribution in [1.29, 1.82) is 0 Å². The number of esters is 1. The minimum absolute atomic E-state index is 0.295. The standard InChI is InChI=1S/C32H28N4O4/c1-4-40-32(39)24-12-10-22(11-13-24)28-29-26(20(2)18-34-28)25(19-35-29)30(37)31(38)36-16-14-23(15-17-36)27(33-3)21-8-6-5-7-9-21/h5-13,18-19,35H,4,14-17H2,1-2H3. The van der Waals surface area contributed by atoms with Crippen LogP contribution in [0, 0.1) is 13.5 Å². The first-order valence-corrected chi connectivity index (χ1v) is 13.2. The summed E-state index contributed by atoms with van der Waals surface area (Å²) in [6, 6.07) is 16.5. The number of nitrogens with zero attached hydrogens (tertiary/aromatic N) is 3. The highest BCUT2D eigenvalue weighted by atomic mass is 16.5. The lowest BCUT2D eigenvalue weighted by atomic mass is 9.97. The average molecular weight is 533 g/mol. The number of aromatic amines is 1. The van der Waals surface area contributed by atoms with E-state index >= 15 is 0 Å². The number of hydrogen-bond donors (Lipinski definition) is 1. The maximum Gasteiger partial charge on any atom is 0.338 e. The van der Waals surface area contributed by atoms with Gasteiger partial charge in [0.2, 0.25) is 0 Å². The molecule has 0 spiro atoms. The maximum absolute atomic E-state index is 13.4. The maximum atomic E-state index is 13.4. The number of nitrogens with one attached hydrogen (secondary N) is 1. The number of aromatic nitrogens is 2. The van der Waals surface area contributed by atoms with E-state index in [0.717, 1.165) is 22.3 Å². The molecule has 1 N–H and O–H groups in total. The molecule has 0 saturated carbocycles. The number of ether oxygens (including phenoxy) is 1. The van der Waals surface area contributed by atoms with E-state index in [4.69, 9.17) is 11.3 Å². The van der Waals surface area contributed by atoms with E-state index in [1.54, 1.807) is 48.5 Å². The van der Waals surface area contributed by atoms with Gasteiger partial charge in [-0.05, 0) is 49.9 Å². The lowest BCUT2D eigenvalue weighted by molar-refractivity contribution is -0.126. The molecule has 1 fully saturated rings. The van der Waals surface area contributed by atoms with Gasteiger partial charge in [-0.3, -0.25) is 14.6 Å². The second-order valence-corrected chi connectivity index (χ2v) is 9.59. The van der Waals surface area contributed by atoms with Crippen molar-refractivity contribution in [2.45, 2.75) is 26.7 Å². The van der Waals surface area contributed by atoms with Crippen molar-refractivity contribution >= 4 is 34.3 Å². The lowest BCUT2D eigenvalue weighted by Crippen LogP contribution is -2.40. The third-order valence-corrected chi connectivity index (χ3v) is 7.16. The van der Waals surface area contributed by atoms with Crippen LogP contribution in [0.15, 0.2) is 72.6 Å². The van der Waals surface area contributed by atoms with Crippen molar-refractivity contribution in [2.75, 3.05) is 19.7 Å². The fourth-order valence-corrected chi connectivity index (χ4v) is 5.11. The summed E-state index contributed by atoms with van der Waals surface area (Å²) < 4.78 is 5.06. The molecule has 3 heterocycles. The Labute approximate surface area is 232 Å². The highest BCUT2D eigenvalue weighted by molar-refractivity contribution is 6.45. The van der Waals surface area contributed by atoms with Crippen LogP contribution in [0.4, 0.5) is 0 Å². The molecule has 0 atom stereocenters.